The minimum atomic E-state index is -0.759. The molecule has 0 heterocycles. The van der Waals surface area contributed by atoms with Crippen molar-refractivity contribution in [1.82, 2.24) is 0 Å². The molecule has 1 atom stereocenters. The van der Waals surface area contributed by atoms with Gasteiger partial charge >= 0.3 is 17.9 Å². The molecule has 0 aliphatic carbocycles. The second kappa shape index (κ2) is 56.0. The van der Waals surface area contributed by atoms with Gasteiger partial charge in [0.1, 0.15) is 13.2 Å². The third kappa shape index (κ3) is 53.4. The SMILES string of the molecule is CCCCCCCCCCCCCCCCCCCCCCCCCCCCCCCC(=O)OCC(COC(=O)CCCCCCCCCC)OC(=O)CCCCCCCCCCCCC. The van der Waals surface area contributed by atoms with Gasteiger partial charge in [-0.3, -0.25) is 14.4 Å². The fourth-order valence-corrected chi connectivity index (χ4v) is 9.33. The van der Waals surface area contributed by atoms with Gasteiger partial charge in [0.2, 0.25) is 0 Å². The van der Waals surface area contributed by atoms with Crippen LogP contribution >= 0.6 is 0 Å². The molecule has 6 nitrogen and oxygen atoms in total. The Morgan fingerprint density at radius 3 is 0.606 bits per heavy atom. The van der Waals surface area contributed by atoms with E-state index in [2.05, 4.69) is 20.8 Å². The molecule has 0 aromatic heterocycles. The maximum absolute atomic E-state index is 12.7. The second-order valence-electron chi connectivity index (χ2n) is 20.6. The molecule has 0 saturated heterocycles. The molecule has 1 unspecified atom stereocenters. The van der Waals surface area contributed by atoms with Crippen LogP contribution < -0.4 is 0 Å². The third-order valence-corrected chi connectivity index (χ3v) is 13.9. The molecule has 0 aromatic carbocycles. The van der Waals surface area contributed by atoms with Gasteiger partial charge in [0.25, 0.3) is 0 Å². The van der Waals surface area contributed by atoms with Gasteiger partial charge < -0.3 is 14.2 Å². The molecule has 66 heavy (non-hydrogen) atoms. The number of hydrogen-bond donors (Lipinski definition) is 0. The van der Waals surface area contributed by atoms with Crippen molar-refractivity contribution in [2.75, 3.05) is 13.2 Å². The molecular formula is C60H116O6. The van der Waals surface area contributed by atoms with Crippen LogP contribution in [0.5, 0.6) is 0 Å². The highest BCUT2D eigenvalue weighted by molar-refractivity contribution is 5.71. The van der Waals surface area contributed by atoms with Gasteiger partial charge in [-0.1, -0.05) is 310 Å². The number of esters is 3. The zero-order chi connectivity index (χ0) is 47.9. The molecule has 0 bridgehead atoms. The van der Waals surface area contributed by atoms with E-state index in [1.165, 1.54) is 250 Å². The molecule has 392 valence electrons. The van der Waals surface area contributed by atoms with Crippen molar-refractivity contribution in [3.8, 4) is 0 Å². The molecule has 0 aliphatic heterocycles. The van der Waals surface area contributed by atoms with Gasteiger partial charge in [-0.25, -0.2) is 0 Å². The first-order valence-corrected chi connectivity index (χ1v) is 30.0. The highest BCUT2D eigenvalue weighted by Gasteiger charge is 2.19. The summed E-state index contributed by atoms with van der Waals surface area (Å²) in [6, 6.07) is 0. The highest BCUT2D eigenvalue weighted by Crippen LogP contribution is 2.18. The van der Waals surface area contributed by atoms with E-state index in [0.717, 1.165) is 57.8 Å². The van der Waals surface area contributed by atoms with Crippen molar-refractivity contribution in [1.29, 1.82) is 0 Å². The molecule has 0 radical (unpaired) electrons. The molecule has 0 amide bonds. The van der Waals surface area contributed by atoms with Crippen LogP contribution in [-0.2, 0) is 28.6 Å². The van der Waals surface area contributed by atoms with Crippen molar-refractivity contribution in [2.45, 2.75) is 354 Å². The normalized spacial score (nSPS) is 11.9. The Hall–Kier alpha value is -1.59. The molecule has 0 aliphatic rings. The van der Waals surface area contributed by atoms with E-state index < -0.39 is 6.10 Å². The lowest BCUT2D eigenvalue weighted by Crippen LogP contribution is -2.30. The number of hydrogen-bond acceptors (Lipinski definition) is 6. The lowest BCUT2D eigenvalue weighted by atomic mass is 10.0. The van der Waals surface area contributed by atoms with Crippen molar-refractivity contribution in [2.24, 2.45) is 0 Å². The second-order valence-corrected chi connectivity index (χ2v) is 20.6. The summed E-state index contributed by atoms with van der Waals surface area (Å²) < 4.78 is 16.8. The zero-order valence-electron chi connectivity index (χ0n) is 45.0. The van der Waals surface area contributed by atoms with E-state index in [1.54, 1.807) is 0 Å². The highest BCUT2D eigenvalue weighted by atomic mass is 16.6. The molecule has 0 fully saturated rings. The Kier molecular flexibility index (Phi) is 54.7. The van der Waals surface area contributed by atoms with E-state index >= 15 is 0 Å². The van der Waals surface area contributed by atoms with Crippen LogP contribution in [0.4, 0.5) is 0 Å². The lowest BCUT2D eigenvalue weighted by Gasteiger charge is -2.18. The predicted molar refractivity (Wildman–Crippen MR) is 284 cm³/mol. The average molecular weight is 934 g/mol. The summed E-state index contributed by atoms with van der Waals surface area (Å²) in [6.07, 6.45) is 62.9. The first-order chi connectivity index (χ1) is 32.5. The van der Waals surface area contributed by atoms with Crippen LogP contribution in [0.25, 0.3) is 0 Å². The van der Waals surface area contributed by atoms with Crippen LogP contribution in [0.2, 0.25) is 0 Å². The number of rotatable bonds is 56. The Labute approximate surface area is 412 Å². The van der Waals surface area contributed by atoms with E-state index in [1.807, 2.05) is 0 Å². The van der Waals surface area contributed by atoms with Crippen molar-refractivity contribution >= 4 is 17.9 Å². The molecule has 0 spiro atoms. The number of ether oxygens (including phenoxy) is 3. The van der Waals surface area contributed by atoms with Crippen LogP contribution in [0, 0.1) is 0 Å². The Morgan fingerprint density at radius 2 is 0.409 bits per heavy atom. The zero-order valence-corrected chi connectivity index (χ0v) is 45.0. The largest absolute Gasteiger partial charge is 0.462 e. The van der Waals surface area contributed by atoms with E-state index in [-0.39, 0.29) is 31.1 Å². The summed E-state index contributed by atoms with van der Waals surface area (Å²) in [6.45, 7) is 6.66. The van der Waals surface area contributed by atoms with Gasteiger partial charge in [-0.2, -0.15) is 0 Å². The first-order valence-electron chi connectivity index (χ1n) is 30.0. The number of unbranched alkanes of at least 4 members (excludes halogenated alkanes) is 45. The predicted octanol–water partition coefficient (Wildman–Crippen LogP) is 19.9. The Bertz CT molecular complexity index is 982. The monoisotopic (exact) mass is 933 g/mol. The van der Waals surface area contributed by atoms with Crippen molar-refractivity contribution in [3.63, 3.8) is 0 Å². The summed E-state index contributed by atoms with van der Waals surface area (Å²) in [5.74, 6) is -0.844. The number of carbonyl (C=O) groups is 3. The Morgan fingerprint density at radius 1 is 0.242 bits per heavy atom. The van der Waals surface area contributed by atoms with E-state index in [0.29, 0.717) is 19.3 Å². The summed E-state index contributed by atoms with van der Waals surface area (Å²) in [4.78, 5) is 37.9. The molecular weight excluding hydrogens is 817 g/mol. The molecule has 0 N–H and O–H groups in total. The minimum absolute atomic E-state index is 0.0621. The first kappa shape index (κ1) is 64.4. The van der Waals surface area contributed by atoms with Crippen LogP contribution in [0.3, 0.4) is 0 Å². The van der Waals surface area contributed by atoms with Gasteiger partial charge in [-0.15, -0.1) is 0 Å². The average Bonchev–Trinajstić information content (AvgIpc) is 3.31. The summed E-state index contributed by atoms with van der Waals surface area (Å²) >= 11 is 0. The van der Waals surface area contributed by atoms with Gasteiger partial charge in [-0.05, 0) is 19.3 Å². The summed E-state index contributed by atoms with van der Waals surface area (Å²) in [7, 11) is 0. The van der Waals surface area contributed by atoms with Gasteiger partial charge in [0.15, 0.2) is 6.10 Å². The van der Waals surface area contributed by atoms with Gasteiger partial charge in [0, 0.05) is 19.3 Å². The fraction of sp³-hybridized carbons (Fsp3) is 0.950. The molecule has 6 heteroatoms. The molecule has 0 saturated carbocycles. The smallest absolute Gasteiger partial charge is 0.306 e. The van der Waals surface area contributed by atoms with Crippen molar-refractivity contribution < 1.29 is 28.6 Å². The molecule has 0 aromatic rings. The maximum atomic E-state index is 12.7. The van der Waals surface area contributed by atoms with Crippen molar-refractivity contribution in [3.05, 3.63) is 0 Å². The van der Waals surface area contributed by atoms with E-state index in [9.17, 15) is 14.4 Å². The minimum Gasteiger partial charge on any atom is -0.462 e. The van der Waals surface area contributed by atoms with Crippen LogP contribution in [-0.4, -0.2) is 37.2 Å². The van der Waals surface area contributed by atoms with Gasteiger partial charge in [0.05, 0.1) is 0 Å². The topological polar surface area (TPSA) is 78.9 Å². The Balaban J connectivity index is 3.95. The molecule has 0 rings (SSSR count). The summed E-state index contributed by atoms with van der Waals surface area (Å²) in [5.41, 5.74) is 0. The maximum Gasteiger partial charge on any atom is 0.306 e. The standard InChI is InChI=1S/C60H116O6/c1-4-7-10-13-16-19-21-22-23-24-25-26-27-28-29-30-31-32-33-34-35-36-37-38-40-41-44-47-50-53-59(62)65-56-57(55-64-58(61)52-49-46-43-18-15-12-9-6-3)66-60(63)54-51-48-45-42-39-20-17-14-11-8-5-2/h57H,4-56H2,1-3H3. The summed E-state index contributed by atoms with van der Waals surface area (Å²) in [5, 5.41) is 0. The number of carbonyl (C=O) groups excluding carboxylic acids is 3. The van der Waals surface area contributed by atoms with E-state index in [4.69, 9.17) is 14.2 Å². The fourth-order valence-electron chi connectivity index (χ4n) is 9.33. The van der Waals surface area contributed by atoms with Crippen LogP contribution in [0.1, 0.15) is 348 Å². The third-order valence-electron chi connectivity index (χ3n) is 13.9. The lowest BCUT2D eigenvalue weighted by molar-refractivity contribution is -0.167. The quantitative estimate of drug-likeness (QED) is 0.0343. The van der Waals surface area contributed by atoms with Crippen LogP contribution in [0.15, 0.2) is 0 Å².